The highest BCUT2D eigenvalue weighted by Gasteiger charge is 2.18. The van der Waals surface area contributed by atoms with Crippen molar-refractivity contribution < 1.29 is 19.4 Å². The maximum atomic E-state index is 11.0. The van der Waals surface area contributed by atoms with Gasteiger partial charge in [0, 0.05) is 11.3 Å². The minimum absolute atomic E-state index is 0.0574. The van der Waals surface area contributed by atoms with E-state index in [1.54, 1.807) is 7.11 Å². The fraction of sp³-hybridized carbons (Fsp3) is 0.375. The topological polar surface area (TPSA) is 84.4 Å². The van der Waals surface area contributed by atoms with Crippen LogP contribution in [0.5, 0.6) is 11.5 Å². The third kappa shape index (κ3) is 3.61. The van der Waals surface area contributed by atoms with Gasteiger partial charge in [0.2, 0.25) is 0 Å². The first-order chi connectivity index (χ1) is 11.2. The maximum absolute atomic E-state index is 11.0. The van der Waals surface area contributed by atoms with E-state index in [2.05, 4.69) is 10.2 Å². The number of carboxylic acid groups (broad SMARTS) is 1. The van der Waals surface area contributed by atoms with Gasteiger partial charge in [-0.2, -0.15) is 16.9 Å². The number of thioether (sulfide) groups is 1. The molecule has 1 atom stereocenters. The number of rotatable bonds is 5. The molecule has 0 saturated carbocycles. The van der Waals surface area contributed by atoms with Crippen molar-refractivity contribution in [2.45, 2.75) is 18.9 Å². The number of ether oxygens (including phenoxy) is 2. The second kappa shape index (κ2) is 6.95. The van der Waals surface area contributed by atoms with Crippen LogP contribution in [0.25, 0.3) is 11.3 Å². The van der Waals surface area contributed by atoms with Gasteiger partial charge in [-0.3, -0.25) is 5.10 Å². The number of nitrogens with zero attached hydrogens (tertiary/aromatic N) is 1. The number of methoxy groups -OCH3 is 1. The SMILES string of the molecule is COc1ccc(-c2cc(C(=O)O)[nH]n2)cc1OC1CCCSC1. The molecule has 1 aliphatic rings. The van der Waals surface area contributed by atoms with Crippen molar-refractivity contribution in [1.29, 1.82) is 0 Å². The average molecular weight is 334 g/mol. The number of aromatic nitrogens is 2. The molecule has 1 aromatic carbocycles. The number of benzene rings is 1. The lowest BCUT2D eigenvalue weighted by atomic mass is 10.1. The summed E-state index contributed by atoms with van der Waals surface area (Å²) in [6.07, 6.45) is 2.36. The van der Waals surface area contributed by atoms with Gasteiger partial charge in [-0.1, -0.05) is 0 Å². The molecule has 3 rings (SSSR count). The number of hydrogen-bond acceptors (Lipinski definition) is 5. The van der Waals surface area contributed by atoms with Crippen LogP contribution in [0.15, 0.2) is 24.3 Å². The molecule has 0 aliphatic carbocycles. The van der Waals surface area contributed by atoms with Crippen LogP contribution in [0.4, 0.5) is 0 Å². The quantitative estimate of drug-likeness (QED) is 0.874. The lowest BCUT2D eigenvalue weighted by Crippen LogP contribution is -2.23. The predicted molar refractivity (Wildman–Crippen MR) is 88.5 cm³/mol. The van der Waals surface area contributed by atoms with Gasteiger partial charge in [-0.25, -0.2) is 4.79 Å². The van der Waals surface area contributed by atoms with E-state index >= 15 is 0 Å². The second-order valence-electron chi connectivity index (χ2n) is 5.29. The molecule has 2 N–H and O–H groups in total. The molecule has 2 aromatic rings. The highest BCUT2D eigenvalue weighted by Crippen LogP contribution is 2.34. The first-order valence-corrected chi connectivity index (χ1v) is 8.54. The largest absolute Gasteiger partial charge is 0.493 e. The molecule has 2 heterocycles. The Labute approximate surface area is 138 Å². The van der Waals surface area contributed by atoms with Crippen LogP contribution in [0, 0.1) is 0 Å². The van der Waals surface area contributed by atoms with Crippen LogP contribution in [0.2, 0.25) is 0 Å². The summed E-state index contributed by atoms with van der Waals surface area (Å²) in [7, 11) is 1.61. The van der Waals surface area contributed by atoms with E-state index in [0.29, 0.717) is 17.2 Å². The lowest BCUT2D eigenvalue weighted by molar-refractivity contribution is 0.0690. The van der Waals surface area contributed by atoms with Crippen molar-refractivity contribution >= 4 is 17.7 Å². The van der Waals surface area contributed by atoms with Crippen molar-refractivity contribution in [3.8, 4) is 22.8 Å². The fourth-order valence-corrected chi connectivity index (χ4v) is 3.53. The van der Waals surface area contributed by atoms with E-state index in [-0.39, 0.29) is 11.8 Å². The first kappa shape index (κ1) is 15.7. The molecule has 1 aliphatic heterocycles. The van der Waals surface area contributed by atoms with Crippen molar-refractivity contribution in [2.24, 2.45) is 0 Å². The van der Waals surface area contributed by atoms with Gasteiger partial charge < -0.3 is 14.6 Å². The molecule has 0 radical (unpaired) electrons. The summed E-state index contributed by atoms with van der Waals surface area (Å²) in [6.45, 7) is 0. The lowest BCUT2D eigenvalue weighted by Gasteiger charge is -2.23. The Hall–Kier alpha value is -2.15. The summed E-state index contributed by atoms with van der Waals surface area (Å²) in [6, 6.07) is 7.00. The highest BCUT2D eigenvalue weighted by atomic mass is 32.2. The molecule has 6 nitrogen and oxygen atoms in total. The molecule has 23 heavy (non-hydrogen) atoms. The Morgan fingerprint density at radius 1 is 1.39 bits per heavy atom. The summed E-state index contributed by atoms with van der Waals surface area (Å²) in [4.78, 5) is 11.0. The van der Waals surface area contributed by atoms with E-state index in [9.17, 15) is 4.79 Å². The number of nitrogens with one attached hydrogen (secondary N) is 1. The van der Waals surface area contributed by atoms with Crippen LogP contribution >= 0.6 is 11.8 Å². The van der Waals surface area contributed by atoms with E-state index in [4.69, 9.17) is 14.6 Å². The van der Waals surface area contributed by atoms with Crippen molar-refractivity contribution in [2.75, 3.05) is 18.6 Å². The van der Waals surface area contributed by atoms with E-state index in [1.165, 1.54) is 11.8 Å². The average Bonchev–Trinajstić information content (AvgIpc) is 3.06. The molecule has 0 bridgehead atoms. The zero-order valence-electron chi connectivity index (χ0n) is 12.7. The van der Waals surface area contributed by atoms with Crippen molar-refractivity contribution in [3.63, 3.8) is 0 Å². The number of hydrogen-bond donors (Lipinski definition) is 2. The Bertz CT molecular complexity index is 695. The Morgan fingerprint density at radius 2 is 2.26 bits per heavy atom. The van der Waals surface area contributed by atoms with Crippen molar-refractivity contribution in [3.05, 3.63) is 30.0 Å². The monoisotopic (exact) mass is 334 g/mol. The highest BCUT2D eigenvalue weighted by molar-refractivity contribution is 7.99. The number of carbonyl (C=O) groups is 1. The molecule has 1 aromatic heterocycles. The van der Waals surface area contributed by atoms with Gasteiger partial charge in [0.25, 0.3) is 0 Å². The van der Waals surface area contributed by atoms with Crippen LogP contribution in [0.3, 0.4) is 0 Å². The van der Waals surface area contributed by atoms with Crippen molar-refractivity contribution in [1.82, 2.24) is 10.2 Å². The summed E-state index contributed by atoms with van der Waals surface area (Å²) >= 11 is 1.89. The van der Waals surface area contributed by atoms with Crippen LogP contribution < -0.4 is 9.47 Å². The molecular weight excluding hydrogens is 316 g/mol. The molecule has 0 spiro atoms. The Kier molecular flexibility index (Phi) is 4.76. The van der Waals surface area contributed by atoms with Gasteiger partial charge >= 0.3 is 5.97 Å². The third-order valence-electron chi connectivity index (χ3n) is 3.68. The van der Waals surface area contributed by atoms with Gasteiger partial charge in [-0.05, 0) is 42.9 Å². The van der Waals surface area contributed by atoms with Gasteiger partial charge in [-0.15, -0.1) is 0 Å². The maximum Gasteiger partial charge on any atom is 0.353 e. The third-order valence-corrected chi connectivity index (χ3v) is 4.86. The smallest absolute Gasteiger partial charge is 0.353 e. The molecule has 1 saturated heterocycles. The summed E-state index contributed by atoms with van der Waals surface area (Å²) < 4.78 is 11.5. The fourth-order valence-electron chi connectivity index (χ4n) is 2.49. The predicted octanol–water partition coefficient (Wildman–Crippen LogP) is 3.06. The summed E-state index contributed by atoms with van der Waals surface area (Å²) in [5, 5.41) is 15.5. The number of carboxylic acids is 1. The normalized spacial score (nSPS) is 17.7. The number of H-pyrrole nitrogens is 1. The minimum atomic E-state index is -1.03. The number of aromatic carboxylic acids is 1. The van der Waals surface area contributed by atoms with Gasteiger partial charge in [0.1, 0.15) is 11.8 Å². The Balaban J connectivity index is 1.86. The summed E-state index contributed by atoms with van der Waals surface area (Å²) in [5.41, 5.74) is 1.41. The van der Waals surface area contributed by atoms with E-state index in [0.717, 1.165) is 24.2 Å². The van der Waals surface area contributed by atoms with E-state index < -0.39 is 5.97 Å². The minimum Gasteiger partial charge on any atom is -0.493 e. The Morgan fingerprint density at radius 3 is 2.91 bits per heavy atom. The second-order valence-corrected chi connectivity index (χ2v) is 6.44. The standard InChI is InChI=1S/C16H18N2O4S/c1-21-14-5-4-10(12-8-13(16(19)20)18-17-12)7-15(14)22-11-3-2-6-23-9-11/h4-5,7-8,11H,2-3,6,9H2,1H3,(H,17,18)(H,19,20). The van der Waals surface area contributed by atoms with Gasteiger partial charge in [0.05, 0.1) is 12.8 Å². The number of aromatic amines is 1. The van der Waals surface area contributed by atoms with Gasteiger partial charge in [0.15, 0.2) is 11.5 Å². The molecule has 7 heteroatoms. The van der Waals surface area contributed by atoms with Crippen LogP contribution in [0.1, 0.15) is 23.3 Å². The van der Waals surface area contributed by atoms with Crippen LogP contribution in [-0.2, 0) is 0 Å². The molecule has 122 valence electrons. The first-order valence-electron chi connectivity index (χ1n) is 7.39. The van der Waals surface area contributed by atoms with Crippen LogP contribution in [-0.4, -0.2) is 46.0 Å². The summed E-state index contributed by atoms with van der Waals surface area (Å²) in [5.74, 6) is 2.45. The molecule has 1 fully saturated rings. The molecular formula is C16H18N2O4S. The van der Waals surface area contributed by atoms with E-state index in [1.807, 2.05) is 30.0 Å². The zero-order chi connectivity index (χ0) is 16.2. The molecule has 1 unspecified atom stereocenters. The zero-order valence-corrected chi connectivity index (χ0v) is 13.6. The molecule has 0 amide bonds.